The SMILES string of the molecule is O=C(OO)c1cc(-c2cnc3ccccc3n2)cc([N+](=O)[O-])c1. The number of para-hydroxylation sites is 2. The highest BCUT2D eigenvalue weighted by Gasteiger charge is 2.17. The number of hydrogen-bond acceptors (Lipinski definition) is 7. The Morgan fingerprint density at radius 2 is 1.91 bits per heavy atom. The first-order chi connectivity index (χ1) is 11.1. The maximum atomic E-state index is 11.5. The second-order valence-corrected chi connectivity index (χ2v) is 4.65. The Morgan fingerprint density at radius 3 is 2.61 bits per heavy atom. The Morgan fingerprint density at radius 1 is 1.17 bits per heavy atom. The number of nitro benzene ring substituents is 1. The first kappa shape index (κ1) is 14.5. The van der Waals surface area contributed by atoms with Crippen LogP contribution in [0.2, 0.25) is 0 Å². The number of carbonyl (C=O) groups excluding carboxylic acids is 1. The molecule has 0 aliphatic carbocycles. The number of benzene rings is 2. The topological polar surface area (TPSA) is 115 Å². The quantitative estimate of drug-likeness (QED) is 0.449. The lowest BCUT2D eigenvalue weighted by molar-refractivity contribution is -0.384. The average Bonchev–Trinajstić information content (AvgIpc) is 2.60. The molecule has 0 amide bonds. The van der Waals surface area contributed by atoms with Gasteiger partial charge in [-0.1, -0.05) is 12.1 Å². The molecule has 0 atom stereocenters. The number of rotatable bonds is 3. The molecule has 23 heavy (non-hydrogen) atoms. The van der Waals surface area contributed by atoms with E-state index in [-0.39, 0.29) is 11.3 Å². The molecular formula is C15H9N3O5. The van der Waals surface area contributed by atoms with Crippen LogP contribution in [0.25, 0.3) is 22.3 Å². The Kier molecular flexibility index (Phi) is 3.65. The highest BCUT2D eigenvalue weighted by Crippen LogP contribution is 2.26. The minimum atomic E-state index is -1.09. The van der Waals surface area contributed by atoms with Crippen LogP contribution >= 0.6 is 0 Å². The zero-order chi connectivity index (χ0) is 16.4. The van der Waals surface area contributed by atoms with Crippen molar-refractivity contribution in [2.75, 3.05) is 0 Å². The van der Waals surface area contributed by atoms with Crippen LogP contribution in [0.3, 0.4) is 0 Å². The summed E-state index contributed by atoms with van der Waals surface area (Å²) < 4.78 is 0. The van der Waals surface area contributed by atoms with Crippen molar-refractivity contribution in [2.45, 2.75) is 0 Å². The summed E-state index contributed by atoms with van der Waals surface area (Å²) in [6, 6.07) is 10.8. The molecule has 0 spiro atoms. The van der Waals surface area contributed by atoms with E-state index in [1.54, 1.807) is 18.2 Å². The van der Waals surface area contributed by atoms with Crippen molar-refractivity contribution >= 4 is 22.7 Å². The normalized spacial score (nSPS) is 10.5. The molecule has 8 heteroatoms. The monoisotopic (exact) mass is 311 g/mol. The second-order valence-electron chi connectivity index (χ2n) is 4.65. The van der Waals surface area contributed by atoms with Gasteiger partial charge in [-0.25, -0.2) is 9.78 Å². The lowest BCUT2D eigenvalue weighted by Gasteiger charge is -2.05. The first-order valence-corrected chi connectivity index (χ1v) is 6.46. The maximum absolute atomic E-state index is 11.5. The van der Waals surface area contributed by atoms with Crippen LogP contribution in [0.1, 0.15) is 10.4 Å². The average molecular weight is 311 g/mol. The third kappa shape index (κ3) is 2.83. The fourth-order valence-electron chi connectivity index (χ4n) is 2.13. The molecule has 1 aromatic heterocycles. The van der Waals surface area contributed by atoms with Crippen LogP contribution in [-0.2, 0) is 4.89 Å². The number of aromatic nitrogens is 2. The molecule has 0 aliphatic heterocycles. The maximum Gasteiger partial charge on any atom is 0.373 e. The third-order valence-electron chi connectivity index (χ3n) is 3.19. The van der Waals surface area contributed by atoms with Crippen LogP contribution < -0.4 is 0 Å². The van der Waals surface area contributed by atoms with E-state index >= 15 is 0 Å². The molecule has 1 N–H and O–H groups in total. The molecule has 0 radical (unpaired) electrons. The fourth-order valence-corrected chi connectivity index (χ4v) is 2.13. The van der Waals surface area contributed by atoms with E-state index in [1.165, 1.54) is 18.3 Å². The zero-order valence-corrected chi connectivity index (χ0v) is 11.5. The number of carbonyl (C=O) groups is 1. The van der Waals surface area contributed by atoms with E-state index < -0.39 is 10.9 Å². The van der Waals surface area contributed by atoms with Gasteiger partial charge >= 0.3 is 5.97 Å². The van der Waals surface area contributed by atoms with Crippen LogP contribution in [0.15, 0.2) is 48.7 Å². The highest BCUT2D eigenvalue weighted by atomic mass is 17.1. The number of hydrogen-bond donors (Lipinski definition) is 1. The van der Waals surface area contributed by atoms with E-state index in [9.17, 15) is 14.9 Å². The van der Waals surface area contributed by atoms with Gasteiger partial charge in [0.2, 0.25) is 0 Å². The first-order valence-electron chi connectivity index (χ1n) is 6.46. The fraction of sp³-hybridized carbons (Fsp3) is 0. The highest BCUT2D eigenvalue weighted by molar-refractivity contribution is 5.91. The van der Waals surface area contributed by atoms with Gasteiger partial charge in [-0.3, -0.25) is 20.0 Å². The molecule has 114 valence electrons. The van der Waals surface area contributed by atoms with Crippen molar-refractivity contribution in [3.05, 3.63) is 64.3 Å². The molecule has 2 aromatic carbocycles. The predicted molar refractivity (Wildman–Crippen MR) is 79.7 cm³/mol. The molecule has 0 saturated heterocycles. The molecule has 3 rings (SSSR count). The summed E-state index contributed by atoms with van der Waals surface area (Å²) in [5.41, 5.74) is 1.49. The Balaban J connectivity index is 2.18. The van der Waals surface area contributed by atoms with Crippen molar-refractivity contribution in [1.29, 1.82) is 0 Å². The van der Waals surface area contributed by atoms with Gasteiger partial charge in [0.05, 0.1) is 33.4 Å². The van der Waals surface area contributed by atoms with Gasteiger partial charge in [0.1, 0.15) is 0 Å². The van der Waals surface area contributed by atoms with E-state index in [4.69, 9.17) is 5.26 Å². The Bertz CT molecular complexity index is 926. The van der Waals surface area contributed by atoms with Crippen molar-refractivity contribution in [2.24, 2.45) is 0 Å². The Hall–Kier alpha value is -3.39. The molecule has 0 unspecified atom stereocenters. The molecule has 1 heterocycles. The van der Waals surface area contributed by atoms with E-state index in [1.807, 2.05) is 6.07 Å². The molecule has 0 fully saturated rings. The lowest BCUT2D eigenvalue weighted by Crippen LogP contribution is -2.03. The summed E-state index contributed by atoms with van der Waals surface area (Å²) in [5, 5.41) is 19.5. The van der Waals surface area contributed by atoms with Gasteiger partial charge in [0.25, 0.3) is 5.69 Å². The van der Waals surface area contributed by atoms with Crippen molar-refractivity contribution in [3.8, 4) is 11.3 Å². The largest absolute Gasteiger partial charge is 0.373 e. The number of nitrogens with zero attached hydrogens (tertiary/aromatic N) is 3. The third-order valence-corrected chi connectivity index (χ3v) is 3.19. The molecule has 0 aliphatic rings. The minimum Gasteiger partial charge on any atom is -0.296 e. The van der Waals surface area contributed by atoms with Gasteiger partial charge < -0.3 is 0 Å². The standard InChI is InChI=1S/C15H9N3O5/c19-15(23-22)10-5-9(6-11(7-10)18(20)21)14-8-16-12-3-1-2-4-13(12)17-14/h1-8,22H. The predicted octanol–water partition coefficient (Wildman–Crippen LogP) is 2.83. The molecule has 0 saturated carbocycles. The van der Waals surface area contributed by atoms with E-state index in [0.29, 0.717) is 22.3 Å². The van der Waals surface area contributed by atoms with Gasteiger partial charge in [-0.15, -0.1) is 0 Å². The summed E-state index contributed by atoms with van der Waals surface area (Å²) in [6.45, 7) is 0. The van der Waals surface area contributed by atoms with Crippen molar-refractivity contribution in [1.82, 2.24) is 9.97 Å². The van der Waals surface area contributed by atoms with Gasteiger partial charge in [0.15, 0.2) is 0 Å². The summed E-state index contributed by atoms with van der Waals surface area (Å²) in [4.78, 5) is 34.1. The summed E-state index contributed by atoms with van der Waals surface area (Å²) in [6.07, 6.45) is 1.45. The molecule has 3 aromatic rings. The van der Waals surface area contributed by atoms with Gasteiger partial charge in [-0.05, 0) is 18.2 Å². The van der Waals surface area contributed by atoms with Crippen LogP contribution in [0, 0.1) is 10.1 Å². The number of nitro groups is 1. The van der Waals surface area contributed by atoms with Gasteiger partial charge in [0, 0.05) is 17.7 Å². The van der Waals surface area contributed by atoms with E-state index in [0.717, 1.165) is 6.07 Å². The molecular weight excluding hydrogens is 302 g/mol. The number of fused-ring (bicyclic) bond motifs is 1. The lowest BCUT2D eigenvalue weighted by atomic mass is 10.1. The summed E-state index contributed by atoms with van der Waals surface area (Å²) in [7, 11) is 0. The van der Waals surface area contributed by atoms with Crippen LogP contribution in [0.5, 0.6) is 0 Å². The van der Waals surface area contributed by atoms with E-state index in [2.05, 4.69) is 14.9 Å². The minimum absolute atomic E-state index is 0.161. The summed E-state index contributed by atoms with van der Waals surface area (Å²) in [5.74, 6) is -1.09. The zero-order valence-electron chi connectivity index (χ0n) is 11.5. The van der Waals surface area contributed by atoms with Crippen molar-refractivity contribution in [3.63, 3.8) is 0 Å². The van der Waals surface area contributed by atoms with Crippen LogP contribution in [0.4, 0.5) is 5.69 Å². The van der Waals surface area contributed by atoms with Gasteiger partial charge in [-0.2, -0.15) is 5.26 Å². The second kappa shape index (κ2) is 5.78. The molecule has 8 nitrogen and oxygen atoms in total. The number of non-ortho nitro benzene ring substituents is 1. The Labute approximate surface area is 129 Å². The van der Waals surface area contributed by atoms with Crippen molar-refractivity contribution < 1.29 is 19.9 Å². The molecule has 0 bridgehead atoms. The summed E-state index contributed by atoms with van der Waals surface area (Å²) >= 11 is 0. The van der Waals surface area contributed by atoms with Crippen LogP contribution in [-0.4, -0.2) is 26.1 Å². The smallest absolute Gasteiger partial charge is 0.296 e.